The summed E-state index contributed by atoms with van der Waals surface area (Å²) in [6, 6.07) is 8.62. The van der Waals surface area contributed by atoms with Crippen LogP contribution in [0.2, 0.25) is 0 Å². The third-order valence-corrected chi connectivity index (χ3v) is 4.13. The van der Waals surface area contributed by atoms with Gasteiger partial charge in [-0.2, -0.15) is 0 Å². The molecule has 0 amide bonds. The van der Waals surface area contributed by atoms with Crippen LogP contribution in [0, 0.1) is 11.3 Å². The first-order valence-corrected chi connectivity index (χ1v) is 7.68. The zero-order valence-electron chi connectivity index (χ0n) is 13.6. The molecule has 1 fully saturated rings. The molecule has 0 N–H and O–H groups in total. The largest absolute Gasteiger partial charge is 0.348 e. The van der Waals surface area contributed by atoms with Gasteiger partial charge in [0.15, 0.2) is 6.29 Å². The van der Waals surface area contributed by atoms with Crippen molar-refractivity contribution >= 4 is 0 Å². The van der Waals surface area contributed by atoms with E-state index >= 15 is 0 Å². The molecule has 1 aliphatic rings. The van der Waals surface area contributed by atoms with E-state index in [0.29, 0.717) is 11.8 Å². The monoisotopic (exact) mass is 276 g/mol. The first-order chi connectivity index (χ1) is 9.31. The van der Waals surface area contributed by atoms with Gasteiger partial charge in [-0.05, 0) is 17.4 Å². The molecule has 2 rings (SSSR count). The molecule has 1 saturated heterocycles. The topological polar surface area (TPSA) is 18.5 Å². The highest BCUT2D eigenvalue weighted by molar-refractivity contribution is 5.25. The molecule has 0 unspecified atom stereocenters. The van der Waals surface area contributed by atoms with E-state index in [1.807, 2.05) is 0 Å². The number of ether oxygens (including phenoxy) is 2. The summed E-state index contributed by atoms with van der Waals surface area (Å²) >= 11 is 0. The van der Waals surface area contributed by atoms with Crippen molar-refractivity contribution in [2.45, 2.75) is 59.9 Å². The summed E-state index contributed by atoms with van der Waals surface area (Å²) in [5.41, 5.74) is 2.54. The minimum absolute atomic E-state index is 0.0720. The average Bonchev–Trinajstić information content (AvgIpc) is 2.38. The Labute approximate surface area is 123 Å². The van der Waals surface area contributed by atoms with Gasteiger partial charge in [0.2, 0.25) is 0 Å². The van der Waals surface area contributed by atoms with E-state index in [2.05, 4.69) is 65.8 Å². The second kappa shape index (κ2) is 5.87. The van der Waals surface area contributed by atoms with E-state index in [1.165, 1.54) is 5.56 Å². The zero-order valence-corrected chi connectivity index (χ0v) is 13.6. The summed E-state index contributed by atoms with van der Waals surface area (Å²) in [5, 5.41) is 0. The van der Waals surface area contributed by atoms with Gasteiger partial charge in [0.1, 0.15) is 0 Å². The highest BCUT2D eigenvalue weighted by Gasteiger charge is 2.40. The average molecular weight is 276 g/mol. The first kappa shape index (κ1) is 15.5. The van der Waals surface area contributed by atoms with Crippen LogP contribution < -0.4 is 0 Å². The quantitative estimate of drug-likeness (QED) is 0.781. The van der Waals surface area contributed by atoms with Crippen LogP contribution in [-0.2, 0) is 9.47 Å². The Bertz CT molecular complexity index is 431. The SMILES string of the molecule is CC(C)c1ccc([C@@H]2OCC(C)(C)[C@H](C(C)C)O2)cc1. The van der Waals surface area contributed by atoms with Crippen molar-refractivity contribution < 1.29 is 9.47 Å². The van der Waals surface area contributed by atoms with E-state index in [0.717, 1.165) is 12.2 Å². The second-order valence-electron chi connectivity index (χ2n) is 7.25. The van der Waals surface area contributed by atoms with Crippen molar-refractivity contribution in [1.82, 2.24) is 0 Å². The van der Waals surface area contributed by atoms with Gasteiger partial charge in [-0.1, -0.05) is 65.8 Å². The fraction of sp³-hybridized carbons (Fsp3) is 0.667. The van der Waals surface area contributed by atoms with Gasteiger partial charge in [-0.15, -0.1) is 0 Å². The molecule has 0 saturated carbocycles. The molecule has 0 bridgehead atoms. The Morgan fingerprint density at radius 3 is 2.15 bits per heavy atom. The van der Waals surface area contributed by atoms with E-state index < -0.39 is 0 Å². The summed E-state index contributed by atoms with van der Waals surface area (Å²) in [7, 11) is 0. The van der Waals surface area contributed by atoms with Crippen molar-refractivity contribution in [1.29, 1.82) is 0 Å². The zero-order chi connectivity index (χ0) is 14.9. The van der Waals surface area contributed by atoms with Gasteiger partial charge < -0.3 is 9.47 Å². The molecule has 0 aliphatic carbocycles. The predicted molar refractivity (Wildman–Crippen MR) is 82.7 cm³/mol. The van der Waals surface area contributed by atoms with Crippen molar-refractivity contribution in [3.05, 3.63) is 35.4 Å². The molecule has 20 heavy (non-hydrogen) atoms. The van der Waals surface area contributed by atoms with Crippen molar-refractivity contribution in [3.8, 4) is 0 Å². The molecular formula is C18H28O2. The maximum Gasteiger partial charge on any atom is 0.184 e. The summed E-state index contributed by atoms with van der Waals surface area (Å²) < 4.78 is 12.2. The Kier molecular flexibility index (Phi) is 4.55. The molecule has 1 aromatic carbocycles. The van der Waals surface area contributed by atoms with E-state index in [4.69, 9.17) is 9.47 Å². The lowest BCUT2D eigenvalue weighted by molar-refractivity contribution is -0.274. The van der Waals surface area contributed by atoms with Gasteiger partial charge in [-0.25, -0.2) is 0 Å². The van der Waals surface area contributed by atoms with Crippen molar-refractivity contribution in [3.63, 3.8) is 0 Å². The third-order valence-electron chi connectivity index (χ3n) is 4.13. The summed E-state index contributed by atoms with van der Waals surface area (Å²) in [5.74, 6) is 1.05. The van der Waals surface area contributed by atoms with Crippen LogP contribution in [0.5, 0.6) is 0 Å². The van der Waals surface area contributed by atoms with E-state index in [-0.39, 0.29) is 17.8 Å². The van der Waals surface area contributed by atoms with Crippen LogP contribution in [0.15, 0.2) is 24.3 Å². The smallest absolute Gasteiger partial charge is 0.184 e. The van der Waals surface area contributed by atoms with E-state index in [9.17, 15) is 0 Å². The molecule has 1 aromatic rings. The number of benzene rings is 1. The lowest BCUT2D eigenvalue weighted by Crippen LogP contribution is -2.45. The maximum absolute atomic E-state index is 6.23. The van der Waals surface area contributed by atoms with Gasteiger partial charge in [0.05, 0.1) is 12.7 Å². The third kappa shape index (κ3) is 3.24. The molecule has 0 spiro atoms. The van der Waals surface area contributed by atoms with Gasteiger partial charge in [0.25, 0.3) is 0 Å². The summed E-state index contributed by atoms with van der Waals surface area (Å²) in [6.45, 7) is 14.0. The van der Waals surface area contributed by atoms with Gasteiger partial charge in [0, 0.05) is 11.0 Å². The van der Waals surface area contributed by atoms with Crippen LogP contribution in [0.25, 0.3) is 0 Å². The molecule has 2 nitrogen and oxygen atoms in total. The van der Waals surface area contributed by atoms with E-state index in [1.54, 1.807) is 0 Å². The van der Waals surface area contributed by atoms with Crippen LogP contribution in [0.1, 0.15) is 64.9 Å². The number of hydrogen-bond donors (Lipinski definition) is 0. The van der Waals surface area contributed by atoms with Crippen molar-refractivity contribution in [2.24, 2.45) is 11.3 Å². The Morgan fingerprint density at radius 1 is 1.05 bits per heavy atom. The minimum Gasteiger partial charge on any atom is -0.348 e. The Morgan fingerprint density at radius 2 is 1.65 bits per heavy atom. The standard InChI is InChI=1S/C18H28O2/c1-12(2)14-7-9-15(10-8-14)17-19-11-18(5,6)16(20-17)13(3)4/h7-10,12-13,16-17H,11H2,1-6H3/t16-,17+/m0/s1. The molecule has 2 atom stereocenters. The molecule has 0 aromatic heterocycles. The van der Waals surface area contributed by atoms with Gasteiger partial charge >= 0.3 is 0 Å². The van der Waals surface area contributed by atoms with Crippen LogP contribution in [0.4, 0.5) is 0 Å². The van der Waals surface area contributed by atoms with Crippen LogP contribution in [-0.4, -0.2) is 12.7 Å². The van der Waals surface area contributed by atoms with Gasteiger partial charge in [-0.3, -0.25) is 0 Å². The molecular weight excluding hydrogens is 248 g/mol. The van der Waals surface area contributed by atoms with Crippen LogP contribution in [0.3, 0.4) is 0 Å². The predicted octanol–water partition coefficient (Wildman–Crippen LogP) is 4.91. The number of rotatable bonds is 3. The minimum atomic E-state index is -0.225. The Hall–Kier alpha value is -0.860. The molecule has 2 heteroatoms. The lowest BCUT2D eigenvalue weighted by atomic mass is 9.80. The summed E-state index contributed by atoms with van der Waals surface area (Å²) in [4.78, 5) is 0. The highest BCUT2D eigenvalue weighted by Crippen LogP contribution is 2.39. The number of hydrogen-bond acceptors (Lipinski definition) is 2. The fourth-order valence-electron chi connectivity index (χ4n) is 3.00. The molecule has 1 aliphatic heterocycles. The molecule has 112 valence electrons. The van der Waals surface area contributed by atoms with Crippen LogP contribution >= 0.6 is 0 Å². The normalized spacial score (nSPS) is 26.2. The highest BCUT2D eigenvalue weighted by atomic mass is 16.7. The second-order valence-corrected chi connectivity index (χ2v) is 7.25. The first-order valence-electron chi connectivity index (χ1n) is 7.68. The summed E-state index contributed by atoms with van der Waals surface area (Å²) in [6.07, 6.45) is 0.00247. The lowest BCUT2D eigenvalue weighted by Gasteiger charge is -2.44. The Balaban J connectivity index is 2.14. The maximum atomic E-state index is 6.23. The fourth-order valence-corrected chi connectivity index (χ4v) is 3.00. The van der Waals surface area contributed by atoms with Crippen molar-refractivity contribution in [2.75, 3.05) is 6.61 Å². The molecule has 0 radical (unpaired) electrons. The molecule has 1 heterocycles.